The van der Waals surface area contributed by atoms with Gasteiger partial charge in [-0.05, 0) is 32.9 Å². The van der Waals surface area contributed by atoms with Crippen molar-refractivity contribution in [2.24, 2.45) is 0 Å². The summed E-state index contributed by atoms with van der Waals surface area (Å²) in [6, 6.07) is 3.62. The van der Waals surface area contributed by atoms with Gasteiger partial charge in [0.2, 0.25) is 5.43 Å². The van der Waals surface area contributed by atoms with Crippen LogP contribution in [-0.4, -0.2) is 32.1 Å². The van der Waals surface area contributed by atoms with Crippen LogP contribution in [0.5, 0.6) is 0 Å². The molecule has 0 bridgehead atoms. The van der Waals surface area contributed by atoms with Crippen LogP contribution in [0, 0.1) is 6.92 Å². The Hall–Kier alpha value is -3.09. The molecular formula is C18H18N4O3. The average molecular weight is 338 g/mol. The first kappa shape index (κ1) is 16.8. The molecule has 0 fully saturated rings. The summed E-state index contributed by atoms with van der Waals surface area (Å²) in [5, 5.41) is 0.338. The Morgan fingerprint density at radius 2 is 1.92 bits per heavy atom. The Morgan fingerprint density at radius 1 is 1.20 bits per heavy atom. The summed E-state index contributed by atoms with van der Waals surface area (Å²) in [4.78, 5) is 37.9. The number of fused-ring (bicyclic) bond motifs is 1. The van der Waals surface area contributed by atoms with Crippen LogP contribution in [0.4, 0.5) is 0 Å². The number of nitrogens with zero attached hydrogens (tertiary/aromatic N) is 4. The molecule has 128 valence electrons. The molecule has 0 saturated heterocycles. The molecule has 3 rings (SSSR count). The van der Waals surface area contributed by atoms with Gasteiger partial charge in [0, 0.05) is 30.7 Å². The summed E-state index contributed by atoms with van der Waals surface area (Å²) in [7, 11) is 0. The quantitative estimate of drug-likeness (QED) is 0.679. The van der Waals surface area contributed by atoms with Gasteiger partial charge >= 0.3 is 5.97 Å². The fourth-order valence-electron chi connectivity index (χ4n) is 2.67. The standard InChI is InChI=1S/C18H18N4O3/c1-4-22-10-13(18(24)25-5-2)15(23)14-11(3)20-16(21-17(14)22)12-6-8-19-9-7-12/h6-10H,4-5H2,1-3H3. The highest BCUT2D eigenvalue weighted by Gasteiger charge is 2.19. The van der Waals surface area contributed by atoms with Gasteiger partial charge in [0.15, 0.2) is 5.82 Å². The van der Waals surface area contributed by atoms with Gasteiger partial charge in [-0.15, -0.1) is 0 Å². The van der Waals surface area contributed by atoms with Crippen LogP contribution in [0.1, 0.15) is 29.9 Å². The molecule has 0 aliphatic rings. The van der Waals surface area contributed by atoms with Gasteiger partial charge in [-0.25, -0.2) is 14.8 Å². The minimum atomic E-state index is -0.630. The van der Waals surface area contributed by atoms with E-state index < -0.39 is 11.4 Å². The van der Waals surface area contributed by atoms with Crippen molar-refractivity contribution in [2.45, 2.75) is 27.3 Å². The van der Waals surface area contributed by atoms with E-state index in [0.29, 0.717) is 29.1 Å². The molecular weight excluding hydrogens is 320 g/mol. The Labute approximate surface area is 144 Å². The lowest BCUT2D eigenvalue weighted by Crippen LogP contribution is -2.22. The van der Waals surface area contributed by atoms with E-state index in [1.165, 1.54) is 6.20 Å². The second kappa shape index (κ2) is 6.80. The van der Waals surface area contributed by atoms with Gasteiger partial charge in [0.05, 0.1) is 17.7 Å². The summed E-state index contributed by atoms with van der Waals surface area (Å²) in [6.07, 6.45) is 4.83. The zero-order valence-corrected chi connectivity index (χ0v) is 14.3. The zero-order chi connectivity index (χ0) is 18.0. The van der Waals surface area contributed by atoms with Gasteiger partial charge < -0.3 is 9.30 Å². The van der Waals surface area contributed by atoms with Crippen LogP contribution in [0.15, 0.2) is 35.5 Å². The number of pyridine rings is 2. The molecule has 7 nitrogen and oxygen atoms in total. The van der Waals surface area contributed by atoms with Crippen LogP contribution in [0.2, 0.25) is 0 Å². The number of esters is 1. The van der Waals surface area contributed by atoms with Crippen LogP contribution in [0.3, 0.4) is 0 Å². The Bertz CT molecular complexity index is 997. The van der Waals surface area contributed by atoms with E-state index in [2.05, 4.69) is 15.0 Å². The van der Waals surface area contributed by atoms with Gasteiger partial charge in [0.25, 0.3) is 0 Å². The van der Waals surface area contributed by atoms with Crippen molar-refractivity contribution < 1.29 is 9.53 Å². The molecule has 0 unspecified atom stereocenters. The average Bonchev–Trinajstić information content (AvgIpc) is 2.62. The van der Waals surface area contributed by atoms with Gasteiger partial charge in [-0.1, -0.05) is 0 Å². The number of ether oxygens (including phenoxy) is 1. The van der Waals surface area contributed by atoms with E-state index >= 15 is 0 Å². The van der Waals surface area contributed by atoms with E-state index in [4.69, 9.17) is 4.74 Å². The first-order valence-corrected chi connectivity index (χ1v) is 8.06. The van der Waals surface area contributed by atoms with Crippen molar-refractivity contribution >= 4 is 17.0 Å². The lowest BCUT2D eigenvalue weighted by molar-refractivity contribution is 0.0524. The predicted molar refractivity (Wildman–Crippen MR) is 93.4 cm³/mol. The number of aromatic nitrogens is 4. The number of hydrogen-bond donors (Lipinski definition) is 0. The van der Waals surface area contributed by atoms with Crippen LogP contribution >= 0.6 is 0 Å². The SMILES string of the molecule is CCOC(=O)c1cn(CC)c2nc(-c3ccncc3)nc(C)c2c1=O. The van der Waals surface area contributed by atoms with E-state index in [1.54, 1.807) is 30.8 Å². The van der Waals surface area contributed by atoms with E-state index in [1.807, 2.05) is 19.1 Å². The Balaban J connectivity index is 2.31. The maximum absolute atomic E-state index is 12.8. The molecule has 0 radical (unpaired) electrons. The lowest BCUT2D eigenvalue weighted by atomic mass is 10.1. The van der Waals surface area contributed by atoms with Crippen LogP contribution in [0.25, 0.3) is 22.4 Å². The number of carbonyl (C=O) groups excluding carboxylic acids is 1. The summed E-state index contributed by atoms with van der Waals surface area (Å²) in [5.41, 5.74) is 1.43. The van der Waals surface area contributed by atoms with Crippen molar-refractivity contribution in [3.63, 3.8) is 0 Å². The van der Waals surface area contributed by atoms with Crippen molar-refractivity contribution in [1.82, 2.24) is 19.5 Å². The molecule has 0 amide bonds. The van der Waals surface area contributed by atoms with E-state index in [-0.39, 0.29) is 12.2 Å². The van der Waals surface area contributed by atoms with Crippen molar-refractivity contribution in [3.05, 3.63) is 52.2 Å². The Kier molecular flexibility index (Phi) is 4.56. The topological polar surface area (TPSA) is 87.0 Å². The monoisotopic (exact) mass is 338 g/mol. The fourth-order valence-corrected chi connectivity index (χ4v) is 2.67. The number of aryl methyl sites for hydroxylation is 2. The largest absolute Gasteiger partial charge is 0.462 e. The minimum absolute atomic E-state index is 0.000406. The molecule has 0 aromatic carbocycles. The zero-order valence-electron chi connectivity index (χ0n) is 14.3. The minimum Gasteiger partial charge on any atom is -0.462 e. The fraction of sp³-hybridized carbons (Fsp3) is 0.278. The molecule has 25 heavy (non-hydrogen) atoms. The number of carbonyl (C=O) groups is 1. The second-order valence-corrected chi connectivity index (χ2v) is 5.45. The molecule has 0 aliphatic carbocycles. The smallest absolute Gasteiger partial charge is 0.343 e. The Morgan fingerprint density at radius 3 is 2.56 bits per heavy atom. The van der Waals surface area contributed by atoms with Gasteiger partial charge in [0.1, 0.15) is 11.2 Å². The maximum Gasteiger partial charge on any atom is 0.343 e. The summed E-state index contributed by atoms with van der Waals surface area (Å²) in [5.74, 6) is -0.118. The lowest BCUT2D eigenvalue weighted by Gasteiger charge is -2.13. The third kappa shape index (κ3) is 3.00. The van der Waals surface area contributed by atoms with Gasteiger partial charge in [-0.2, -0.15) is 0 Å². The predicted octanol–water partition coefficient (Wildman–Crippen LogP) is 2.36. The van der Waals surface area contributed by atoms with E-state index in [9.17, 15) is 9.59 Å². The number of hydrogen-bond acceptors (Lipinski definition) is 6. The highest BCUT2D eigenvalue weighted by molar-refractivity contribution is 5.93. The number of rotatable bonds is 4. The molecule has 0 spiro atoms. The summed E-state index contributed by atoms with van der Waals surface area (Å²) < 4.78 is 6.76. The first-order chi connectivity index (χ1) is 12.1. The normalized spacial score (nSPS) is 10.8. The first-order valence-electron chi connectivity index (χ1n) is 8.06. The summed E-state index contributed by atoms with van der Waals surface area (Å²) >= 11 is 0. The summed E-state index contributed by atoms with van der Waals surface area (Å²) in [6.45, 7) is 6.12. The van der Waals surface area contributed by atoms with E-state index in [0.717, 1.165) is 5.56 Å². The molecule has 3 aromatic rings. The molecule has 3 heterocycles. The van der Waals surface area contributed by atoms with Crippen molar-refractivity contribution in [2.75, 3.05) is 6.61 Å². The van der Waals surface area contributed by atoms with Crippen LogP contribution in [-0.2, 0) is 11.3 Å². The van der Waals surface area contributed by atoms with Crippen molar-refractivity contribution in [3.8, 4) is 11.4 Å². The molecule has 7 heteroatoms. The van der Waals surface area contributed by atoms with Gasteiger partial charge in [-0.3, -0.25) is 9.78 Å². The third-order valence-corrected chi connectivity index (χ3v) is 3.87. The van der Waals surface area contributed by atoms with Crippen molar-refractivity contribution in [1.29, 1.82) is 0 Å². The molecule has 0 saturated carbocycles. The molecule has 0 N–H and O–H groups in total. The highest BCUT2D eigenvalue weighted by atomic mass is 16.5. The molecule has 0 atom stereocenters. The molecule has 0 aliphatic heterocycles. The third-order valence-electron chi connectivity index (χ3n) is 3.87. The maximum atomic E-state index is 12.8. The van der Waals surface area contributed by atoms with Crippen LogP contribution < -0.4 is 5.43 Å². The molecule has 3 aromatic heterocycles. The highest BCUT2D eigenvalue weighted by Crippen LogP contribution is 2.20. The second-order valence-electron chi connectivity index (χ2n) is 5.45.